The molecule has 2 atom stereocenters. The van der Waals surface area contributed by atoms with E-state index in [1.165, 1.54) is 12.0 Å². The lowest BCUT2D eigenvalue weighted by Crippen LogP contribution is -2.41. The molecule has 0 radical (unpaired) electrons. The maximum Gasteiger partial charge on any atom is 0.191 e. The van der Waals surface area contributed by atoms with E-state index in [1.807, 2.05) is 0 Å². The Labute approximate surface area is 182 Å². The van der Waals surface area contributed by atoms with Crippen molar-refractivity contribution in [3.8, 4) is 0 Å². The van der Waals surface area contributed by atoms with Crippen molar-refractivity contribution in [3.05, 3.63) is 35.9 Å². The number of rotatable bonds is 8. The average Bonchev–Trinajstić information content (AvgIpc) is 2.98. The third-order valence-corrected chi connectivity index (χ3v) is 5.09. The van der Waals surface area contributed by atoms with Crippen molar-refractivity contribution >= 4 is 29.9 Å². The van der Waals surface area contributed by atoms with Crippen LogP contribution in [-0.4, -0.2) is 55.8 Å². The molecule has 27 heavy (non-hydrogen) atoms. The van der Waals surface area contributed by atoms with Crippen molar-refractivity contribution < 1.29 is 4.74 Å². The second-order valence-corrected chi connectivity index (χ2v) is 7.91. The van der Waals surface area contributed by atoms with Crippen LogP contribution < -0.4 is 10.6 Å². The lowest BCUT2D eigenvalue weighted by atomic mass is 10.1. The molecular weight excluding hydrogens is 451 g/mol. The molecule has 1 aliphatic rings. The second-order valence-electron chi connectivity index (χ2n) is 7.91. The smallest absolute Gasteiger partial charge is 0.191 e. The summed E-state index contributed by atoms with van der Waals surface area (Å²) >= 11 is 0. The van der Waals surface area contributed by atoms with Crippen LogP contribution in [0.5, 0.6) is 0 Å². The largest absolute Gasteiger partial charge is 0.377 e. The highest BCUT2D eigenvalue weighted by Crippen LogP contribution is 2.24. The number of benzene rings is 1. The quantitative estimate of drug-likeness (QED) is 0.334. The fourth-order valence-corrected chi connectivity index (χ4v) is 3.32. The van der Waals surface area contributed by atoms with Crippen LogP contribution in [-0.2, 0) is 11.3 Å². The van der Waals surface area contributed by atoms with Gasteiger partial charge in [0.25, 0.3) is 0 Å². The van der Waals surface area contributed by atoms with E-state index in [9.17, 15) is 0 Å². The number of ether oxygens (including phenoxy) is 1. The molecular formula is C21H37IN4O. The highest BCUT2D eigenvalue weighted by Gasteiger charge is 2.28. The van der Waals surface area contributed by atoms with Gasteiger partial charge in [0.2, 0.25) is 0 Å². The molecule has 2 rings (SSSR count). The van der Waals surface area contributed by atoms with Crippen LogP contribution in [0.15, 0.2) is 35.3 Å². The van der Waals surface area contributed by atoms with Gasteiger partial charge >= 0.3 is 0 Å². The van der Waals surface area contributed by atoms with Crippen molar-refractivity contribution in [3.63, 3.8) is 0 Å². The standard InChI is InChI=1S/C21H36N4O.HI/c1-6-22-20(24-16-21(3,4)26-5)23-13-19-12-17(2)25(15-19)14-18-10-8-7-9-11-18;/h7-11,17,19H,6,12-16H2,1-5H3,(H2,22,23,24);1H. The molecule has 154 valence electrons. The molecule has 1 fully saturated rings. The van der Waals surface area contributed by atoms with Crippen molar-refractivity contribution in [2.75, 3.05) is 33.3 Å². The minimum absolute atomic E-state index is 0. The van der Waals surface area contributed by atoms with Gasteiger partial charge in [0.1, 0.15) is 0 Å². The van der Waals surface area contributed by atoms with Crippen molar-refractivity contribution in [1.29, 1.82) is 0 Å². The van der Waals surface area contributed by atoms with Gasteiger partial charge < -0.3 is 15.4 Å². The number of nitrogens with one attached hydrogen (secondary N) is 2. The van der Waals surface area contributed by atoms with Crippen molar-refractivity contribution in [2.45, 2.75) is 52.3 Å². The van der Waals surface area contributed by atoms with E-state index in [0.717, 1.165) is 32.1 Å². The summed E-state index contributed by atoms with van der Waals surface area (Å²) in [6.45, 7) is 13.2. The maximum atomic E-state index is 5.46. The third kappa shape index (κ3) is 8.35. The van der Waals surface area contributed by atoms with Crippen LogP contribution in [0.25, 0.3) is 0 Å². The zero-order valence-corrected chi connectivity index (χ0v) is 19.8. The molecule has 0 spiro atoms. The topological polar surface area (TPSA) is 48.9 Å². The van der Waals surface area contributed by atoms with Gasteiger partial charge in [-0.05, 0) is 45.6 Å². The number of aliphatic imine (C=N–C) groups is 1. The van der Waals surface area contributed by atoms with Crippen molar-refractivity contribution in [1.82, 2.24) is 15.5 Å². The second kappa shape index (κ2) is 11.9. The summed E-state index contributed by atoms with van der Waals surface area (Å²) in [6, 6.07) is 11.4. The highest BCUT2D eigenvalue weighted by molar-refractivity contribution is 14.0. The number of halogens is 1. The lowest BCUT2D eigenvalue weighted by molar-refractivity contribution is 0.0310. The highest BCUT2D eigenvalue weighted by atomic mass is 127. The first-order valence-electron chi connectivity index (χ1n) is 9.79. The van der Waals surface area contributed by atoms with E-state index in [1.54, 1.807) is 7.11 Å². The molecule has 0 saturated carbocycles. The number of nitrogens with zero attached hydrogens (tertiary/aromatic N) is 2. The van der Waals surface area contributed by atoms with E-state index in [0.29, 0.717) is 18.5 Å². The van der Waals surface area contributed by atoms with Crippen LogP contribution in [0.1, 0.15) is 39.7 Å². The molecule has 1 aromatic carbocycles. The molecule has 0 aliphatic carbocycles. The van der Waals surface area contributed by atoms with Gasteiger partial charge in [-0.1, -0.05) is 30.3 Å². The molecule has 1 aliphatic heterocycles. The first-order chi connectivity index (χ1) is 12.4. The summed E-state index contributed by atoms with van der Waals surface area (Å²) in [5.41, 5.74) is 1.15. The van der Waals surface area contributed by atoms with E-state index < -0.39 is 0 Å². The summed E-state index contributed by atoms with van der Waals surface area (Å²) < 4.78 is 5.46. The van der Waals surface area contributed by atoms with Gasteiger partial charge in [0.05, 0.1) is 12.1 Å². The Morgan fingerprint density at radius 3 is 2.59 bits per heavy atom. The fraction of sp³-hybridized carbons (Fsp3) is 0.667. The first-order valence-corrected chi connectivity index (χ1v) is 9.79. The number of hydrogen-bond donors (Lipinski definition) is 2. The molecule has 1 aromatic rings. The Hall–Kier alpha value is -0.860. The molecule has 0 bridgehead atoms. The van der Waals surface area contributed by atoms with E-state index in [4.69, 9.17) is 4.74 Å². The molecule has 1 saturated heterocycles. The van der Waals surface area contributed by atoms with Gasteiger partial charge in [-0.15, -0.1) is 24.0 Å². The molecule has 6 heteroatoms. The SMILES string of the molecule is CCNC(=NCC(C)(C)OC)NCC1CC(C)N(Cc2ccccc2)C1.I. The predicted octanol–water partition coefficient (Wildman–Crippen LogP) is 3.50. The Kier molecular flexibility index (Phi) is 10.6. The summed E-state index contributed by atoms with van der Waals surface area (Å²) in [5, 5.41) is 6.86. The first kappa shape index (κ1) is 24.2. The zero-order valence-electron chi connectivity index (χ0n) is 17.5. The Bertz CT molecular complexity index is 565. The van der Waals surface area contributed by atoms with E-state index >= 15 is 0 Å². The predicted molar refractivity (Wildman–Crippen MR) is 125 cm³/mol. The Morgan fingerprint density at radius 2 is 1.96 bits per heavy atom. The zero-order chi connectivity index (χ0) is 19.0. The van der Waals surface area contributed by atoms with Crippen LogP contribution in [0.2, 0.25) is 0 Å². The molecule has 2 unspecified atom stereocenters. The monoisotopic (exact) mass is 488 g/mol. The van der Waals surface area contributed by atoms with E-state index in [-0.39, 0.29) is 29.6 Å². The number of guanidine groups is 1. The van der Waals surface area contributed by atoms with Gasteiger partial charge in [-0.3, -0.25) is 9.89 Å². The van der Waals surface area contributed by atoms with Crippen LogP contribution in [0.3, 0.4) is 0 Å². The normalized spacial score (nSPS) is 21.0. The van der Waals surface area contributed by atoms with Gasteiger partial charge in [0.15, 0.2) is 5.96 Å². The van der Waals surface area contributed by atoms with Crippen LogP contribution in [0, 0.1) is 5.92 Å². The van der Waals surface area contributed by atoms with E-state index in [2.05, 4.69) is 78.6 Å². The molecule has 0 aromatic heterocycles. The molecule has 0 amide bonds. The third-order valence-electron chi connectivity index (χ3n) is 5.09. The van der Waals surface area contributed by atoms with Crippen LogP contribution >= 0.6 is 24.0 Å². The van der Waals surface area contributed by atoms with Crippen molar-refractivity contribution in [2.24, 2.45) is 10.9 Å². The van der Waals surface area contributed by atoms with Gasteiger partial charge in [-0.2, -0.15) is 0 Å². The molecule has 5 nitrogen and oxygen atoms in total. The van der Waals surface area contributed by atoms with Gasteiger partial charge in [0, 0.05) is 39.3 Å². The lowest BCUT2D eigenvalue weighted by Gasteiger charge is -2.22. The van der Waals surface area contributed by atoms with Gasteiger partial charge in [-0.25, -0.2) is 0 Å². The maximum absolute atomic E-state index is 5.46. The fourth-order valence-electron chi connectivity index (χ4n) is 3.32. The minimum atomic E-state index is -0.239. The Morgan fingerprint density at radius 1 is 1.26 bits per heavy atom. The number of hydrogen-bond acceptors (Lipinski definition) is 3. The summed E-state index contributed by atoms with van der Waals surface area (Å²) in [6.07, 6.45) is 1.23. The minimum Gasteiger partial charge on any atom is -0.377 e. The summed E-state index contributed by atoms with van der Waals surface area (Å²) in [5.74, 6) is 1.53. The van der Waals surface area contributed by atoms with Crippen LogP contribution in [0.4, 0.5) is 0 Å². The molecule has 2 N–H and O–H groups in total. The number of methoxy groups -OCH3 is 1. The number of likely N-dealkylation sites (tertiary alicyclic amines) is 1. The average molecular weight is 488 g/mol. The molecule has 1 heterocycles. The summed E-state index contributed by atoms with van der Waals surface area (Å²) in [4.78, 5) is 7.26. The summed E-state index contributed by atoms with van der Waals surface area (Å²) in [7, 11) is 1.73. The Balaban J connectivity index is 0.00000364.